The minimum absolute atomic E-state index is 0.121. The molecule has 1 aliphatic rings. The Hall–Kier alpha value is -2.06. The fourth-order valence-corrected chi connectivity index (χ4v) is 2.63. The molecule has 2 unspecified atom stereocenters. The summed E-state index contributed by atoms with van der Waals surface area (Å²) in [7, 11) is 0. The van der Waals surface area contributed by atoms with E-state index in [1.165, 1.54) is 0 Å². The van der Waals surface area contributed by atoms with Gasteiger partial charge in [0.1, 0.15) is 11.6 Å². The van der Waals surface area contributed by atoms with Gasteiger partial charge in [-0.25, -0.2) is 4.98 Å². The van der Waals surface area contributed by atoms with E-state index in [1.807, 2.05) is 23.6 Å². The SMILES string of the molecule is CC1OCCC1n1c(N)nc2c(C#N)cccc21. The molecule has 5 heteroatoms. The van der Waals surface area contributed by atoms with E-state index in [4.69, 9.17) is 15.7 Å². The number of anilines is 1. The maximum Gasteiger partial charge on any atom is 0.201 e. The van der Waals surface area contributed by atoms with Crippen LogP contribution in [0.5, 0.6) is 0 Å². The molecular weight excluding hydrogens is 228 g/mol. The second-order valence-electron chi connectivity index (χ2n) is 4.56. The quantitative estimate of drug-likeness (QED) is 0.827. The Morgan fingerprint density at radius 2 is 2.39 bits per heavy atom. The number of rotatable bonds is 1. The van der Waals surface area contributed by atoms with Crippen LogP contribution in [0.4, 0.5) is 5.95 Å². The number of nitrogens with zero attached hydrogens (tertiary/aromatic N) is 3. The zero-order valence-corrected chi connectivity index (χ0v) is 10.1. The Morgan fingerprint density at radius 1 is 1.56 bits per heavy atom. The normalized spacial score (nSPS) is 23.3. The molecule has 5 nitrogen and oxygen atoms in total. The largest absolute Gasteiger partial charge is 0.376 e. The first kappa shape index (κ1) is 11.1. The van der Waals surface area contributed by atoms with E-state index in [9.17, 15) is 0 Å². The third-order valence-electron chi connectivity index (χ3n) is 3.54. The average Bonchev–Trinajstić information content (AvgIpc) is 2.91. The van der Waals surface area contributed by atoms with Crippen molar-refractivity contribution < 1.29 is 4.74 Å². The number of hydrogen-bond acceptors (Lipinski definition) is 4. The number of imidazole rings is 1. The second-order valence-corrected chi connectivity index (χ2v) is 4.56. The fraction of sp³-hybridized carbons (Fsp3) is 0.385. The molecule has 0 saturated carbocycles. The van der Waals surface area contributed by atoms with Gasteiger partial charge in [-0.3, -0.25) is 0 Å². The Bertz CT molecular complexity index is 640. The van der Waals surface area contributed by atoms with Crippen molar-refractivity contribution in [3.63, 3.8) is 0 Å². The van der Waals surface area contributed by atoms with Crippen LogP contribution in [0.1, 0.15) is 24.9 Å². The van der Waals surface area contributed by atoms with E-state index >= 15 is 0 Å². The highest BCUT2D eigenvalue weighted by Gasteiger charge is 2.29. The highest BCUT2D eigenvalue weighted by Crippen LogP contribution is 2.32. The van der Waals surface area contributed by atoms with Crippen LogP contribution in [0.25, 0.3) is 11.0 Å². The summed E-state index contributed by atoms with van der Waals surface area (Å²) in [5, 5.41) is 9.09. The lowest BCUT2D eigenvalue weighted by Gasteiger charge is -2.18. The summed E-state index contributed by atoms with van der Waals surface area (Å²) in [6, 6.07) is 7.91. The first-order chi connectivity index (χ1) is 8.72. The van der Waals surface area contributed by atoms with Gasteiger partial charge in [-0.2, -0.15) is 5.26 Å². The van der Waals surface area contributed by atoms with Crippen molar-refractivity contribution in [3.05, 3.63) is 23.8 Å². The molecule has 2 aromatic rings. The molecule has 1 aliphatic heterocycles. The average molecular weight is 242 g/mol. The first-order valence-electron chi connectivity index (χ1n) is 6.00. The first-order valence-corrected chi connectivity index (χ1v) is 6.00. The van der Waals surface area contributed by atoms with Gasteiger partial charge in [0.2, 0.25) is 5.95 Å². The van der Waals surface area contributed by atoms with Crippen LogP contribution in [0.3, 0.4) is 0 Å². The molecule has 3 rings (SSSR count). The highest BCUT2D eigenvalue weighted by atomic mass is 16.5. The highest BCUT2D eigenvalue weighted by molar-refractivity contribution is 5.84. The minimum Gasteiger partial charge on any atom is -0.376 e. The van der Waals surface area contributed by atoms with E-state index < -0.39 is 0 Å². The molecule has 0 aliphatic carbocycles. The van der Waals surface area contributed by atoms with Crippen molar-refractivity contribution in [3.8, 4) is 6.07 Å². The maximum atomic E-state index is 9.09. The molecule has 0 radical (unpaired) electrons. The molecule has 0 amide bonds. The van der Waals surface area contributed by atoms with Crippen LogP contribution in [0.2, 0.25) is 0 Å². The molecular formula is C13H14N4O. The lowest BCUT2D eigenvalue weighted by Crippen LogP contribution is -2.18. The topological polar surface area (TPSA) is 76.9 Å². The number of nitriles is 1. The van der Waals surface area contributed by atoms with E-state index in [0.29, 0.717) is 17.0 Å². The van der Waals surface area contributed by atoms with Crippen molar-refractivity contribution in [1.82, 2.24) is 9.55 Å². The summed E-state index contributed by atoms with van der Waals surface area (Å²) < 4.78 is 7.57. The molecule has 1 aromatic heterocycles. The van der Waals surface area contributed by atoms with Crippen LogP contribution in [0, 0.1) is 11.3 Å². The summed E-state index contributed by atoms with van der Waals surface area (Å²) in [4.78, 5) is 4.33. The van der Waals surface area contributed by atoms with E-state index in [1.54, 1.807) is 6.07 Å². The number of fused-ring (bicyclic) bond motifs is 1. The summed E-state index contributed by atoms with van der Waals surface area (Å²) >= 11 is 0. The molecule has 18 heavy (non-hydrogen) atoms. The standard InChI is InChI=1S/C13H14N4O/c1-8-10(5-6-18-8)17-11-4-2-3-9(7-14)12(11)16-13(17)15/h2-4,8,10H,5-6H2,1H3,(H2,15,16). The predicted molar refractivity (Wildman–Crippen MR) is 67.9 cm³/mol. The van der Waals surface area contributed by atoms with Crippen molar-refractivity contribution >= 4 is 17.0 Å². The minimum atomic E-state index is 0.121. The number of nitrogens with two attached hydrogens (primary N) is 1. The van der Waals surface area contributed by atoms with Crippen LogP contribution in [-0.4, -0.2) is 22.3 Å². The third kappa shape index (κ3) is 1.46. The molecule has 0 bridgehead atoms. The van der Waals surface area contributed by atoms with Crippen LogP contribution in [0.15, 0.2) is 18.2 Å². The monoisotopic (exact) mass is 242 g/mol. The van der Waals surface area contributed by atoms with E-state index in [-0.39, 0.29) is 12.1 Å². The molecule has 0 spiro atoms. The second kappa shape index (κ2) is 4.00. The van der Waals surface area contributed by atoms with Gasteiger partial charge in [-0.15, -0.1) is 0 Å². The van der Waals surface area contributed by atoms with Gasteiger partial charge in [0.05, 0.1) is 23.2 Å². The van der Waals surface area contributed by atoms with Crippen LogP contribution < -0.4 is 5.73 Å². The maximum absolute atomic E-state index is 9.09. The van der Waals surface area contributed by atoms with Gasteiger partial charge in [0.15, 0.2) is 0 Å². The van der Waals surface area contributed by atoms with Crippen molar-refractivity contribution in [2.24, 2.45) is 0 Å². The number of benzene rings is 1. The summed E-state index contributed by atoms with van der Waals surface area (Å²) in [6.07, 6.45) is 1.04. The van der Waals surface area contributed by atoms with Crippen molar-refractivity contribution in [2.45, 2.75) is 25.5 Å². The summed E-state index contributed by atoms with van der Waals surface area (Å²) in [6.45, 7) is 2.78. The Balaban J connectivity index is 2.24. The van der Waals surface area contributed by atoms with Gasteiger partial charge >= 0.3 is 0 Å². The van der Waals surface area contributed by atoms with Crippen molar-refractivity contribution in [1.29, 1.82) is 5.26 Å². The molecule has 2 atom stereocenters. The van der Waals surface area contributed by atoms with Gasteiger partial charge < -0.3 is 15.0 Å². The molecule has 1 saturated heterocycles. The number of para-hydroxylation sites is 1. The molecule has 2 heterocycles. The van der Waals surface area contributed by atoms with E-state index in [2.05, 4.69) is 11.1 Å². The van der Waals surface area contributed by atoms with Gasteiger partial charge in [-0.1, -0.05) is 6.07 Å². The van der Waals surface area contributed by atoms with Crippen LogP contribution in [-0.2, 0) is 4.74 Å². The summed E-state index contributed by atoms with van der Waals surface area (Å²) in [5.74, 6) is 0.454. The Morgan fingerprint density at radius 3 is 3.06 bits per heavy atom. The molecule has 92 valence electrons. The van der Waals surface area contributed by atoms with Gasteiger partial charge in [0, 0.05) is 6.61 Å². The zero-order chi connectivity index (χ0) is 12.7. The number of nitrogen functional groups attached to an aromatic ring is 1. The van der Waals surface area contributed by atoms with Gasteiger partial charge in [0.25, 0.3) is 0 Å². The number of hydrogen-bond donors (Lipinski definition) is 1. The molecule has 2 N–H and O–H groups in total. The predicted octanol–water partition coefficient (Wildman–Crippen LogP) is 1.84. The lowest BCUT2D eigenvalue weighted by atomic mass is 10.1. The zero-order valence-electron chi connectivity index (χ0n) is 10.1. The van der Waals surface area contributed by atoms with Crippen LogP contribution >= 0.6 is 0 Å². The lowest BCUT2D eigenvalue weighted by molar-refractivity contribution is 0.109. The smallest absolute Gasteiger partial charge is 0.201 e. The molecule has 1 aromatic carbocycles. The van der Waals surface area contributed by atoms with E-state index in [0.717, 1.165) is 18.5 Å². The molecule has 1 fully saturated rings. The third-order valence-corrected chi connectivity index (χ3v) is 3.54. The van der Waals surface area contributed by atoms with Crippen molar-refractivity contribution in [2.75, 3.05) is 12.3 Å². The number of ether oxygens (including phenoxy) is 1. The summed E-state index contributed by atoms with van der Waals surface area (Å²) in [5.41, 5.74) is 8.15. The number of aromatic nitrogens is 2. The Labute approximate surface area is 105 Å². The fourth-order valence-electron chi connectivity index (χ4n) is 2.63. The Kier molecular flexibility index (Phi) is 2.46. The van der Waals surface area contributed by atoms with Gasteiger partial charge in [-0.05, 0) is 25.5 Å².